The molecule has 0 spiro atoms. The van der Waals surface area contributed by atoms with E-state index in [2.05, 4.69) is 15.3 Å². The molecule has 2 heterocycles. The van der Waals surface area contributed by atoms with Gasteiger partial charge in [0.05, 0.1) is 0 Å². The number of nitrogens with zero attached hydrogens (tertiary/aromatic N) is 4. The van der Waals surface area contributed by atoms with Gasteiger partial charge in [0.15, 0.2) is 5.82 Å². The quantitative estimate of drug-likeness (QED) is 0.692. The summed E-state index contributed by atoms with van der Waals surface area (Å²) < 4.78 is 1.88. The molecule has 0 aliphatic heterocycles. The minimum absolute atomic E-state index is 0.225. The van der Waals surface area contributed by atoms with Gasteiger partial charge < -0.3 is 0 Å². The molecule has 1 aromatic carbocycles. The van der Waals surface area contributed by atoms with Crippen LogP contribution in [0.4, 0.5) is 0 Å². The van der Waals surface area contributed by atoms with Crippen molar-refractivity contribution in [2.45, 2.75) is 30.6 Å². The van der Waals surface area contributed by atoms with Crippen LogP contribution in [0.1, 0.15) is 47.0 Å². The molecular formula is C14H13ClN4S. The molecule has 20 heavy (non-hydrogen) atoms. The summed E-state index contributed by atoms with van der Waals surface area (Å²) >= 11 is 8.05. The Labute approximate surface area is 125 Å². The van der Waals surface area contributed by atoms with Crippen LogP contribution in [0.2, 0.25) is 0 Å². The fourth-order valence-electron chi connectivity index (χ4n) is 2.43. The maximum absolute atomic E-state index is 6.53. The van der Waals surface area contributed by atoms with E-state index in [1.165, 1.54) is 30.6 Å². The lowest BCUT2D eigenvalue weighted by Crippen LogP contribution is -2.13. The minimum Gasteiger partial charge on any atom is -0.187 e. The first-order valence-corrected chi connectivity index (χ1v) is 7.99. The van der Waals surface area contributed by atoms with Crippen molar-refractivity contribution in [3.63, 3.8) is 0 Å². The van der Waals surface area contributed by atoms with Gasteiger partial charge in [-0.25, -0.2) is 0 Å². The van der Waals surface area contributed by atoms with Crippen molar-refractivity contribution < 1.29 is 0 Å². The first-order valence-electron chi connectivity index (χ1n) is 6.74. The highest BCUT2D eigenvalue weighted by Crippen LogP contribution is 2.37. The van der Waals surface area contributed by atoms with E-state index in [1.807, 2.05) is 34.8 Å². The molecule has 0 amide bonds. The largest absolute Gasteiger partial charge is 0.234 e. The molecule has 4 rings (SSSR count). The highest BCUT2D eigenvalue weighted by molar-refractivity contribution is 7.17. The molecule has 2 aromatic heterocycles. The van der Waals surface area contributed by atoms with Crippen LogP contribution in [0.15, 0.2) is 30.3 Å². The van der Waals surface area contributed by atoms with Gasteiger partial charge in [-0.05, 0) is 18.4 Å². The monoisotopic (exact) mass is 304 g/mol. The molecule has 4 nitrogen and oxygen atoms in total. The van der Waals surface area contributed by atoms with Crippen LogP contribution in [0.5, 0.6) is 0 Å². The number of hydrogen-bond donors (Lipinski definition) is 0. The highest BCUT2D eigenvalue weighted by Gasteiger charge is 2.27. The van der Waals surface area contributed by atoms with E-state index in [4.69, 9.17) is 11.6 Å². The first-order chi connectivity index (χ1) is 9.83. The Kier molecular flexibility index (Phi) is 2.97. The van der Waals surface area contributed by atoms with Crippen molar-refractivity contribution in [2.24, 2.45) is 0 Å². The van der Waals surface area contributed by atoms with Crippen molar-refractivity contribution in [1.29, 1.82) is 0 Å². The van der Waals surface area contributed by atoms with Crippen LogP contribution >= 0.6 is 22.9 Å². The van der Waals surface area contributed by atoms with Crippen LogP contribution < -0.4 is 0 Å². The summed E-state index contributed by atoms with van der Waals surface area (Å²) in [5.74, 6) is 1.51. The topological polar surface area (TPSA) is 43.1 Å². The molecule has 102 valence electrons. The molecule has 0 radical (unpaired) electrons. The van der Waals surface area contributed by atoms with E-state index in [9.17, 15) is 0 Å². The number of hydrogen-bond acceptors (Lipinski definition) is 4. The maximum atomic E-state index is 6.53. The van der Waals surface area contributed by atoms with E-state index in [1.54, 1.807) is 0 Å². The molecule has 3 aromatic rings. The molecule has 0 bridgehead atoms. The van der Waals surface area contributed by atoms with Gasteiger partial charge in [-0.1, -0.05) is 48.1 Å². The maximum Gasteiger partial charge on any atom is 0.234 e. The minimum atomic E-state index is -0.225. The fraction of sp³-hybridized carbons (Fsp3) is 0.357. The van der Waals surface area contributed by atoms with Gasteiger partial charge in [0.1, 0.15) is 10.4 Å². The highest BCUT2D eigenvalue weighted by atomic mass is 35.5. The molecule has 1 saturated carbocycles. The first kappa shape index (κ1) is 12.3. The predicted molar refractivity (Wildman–Crippen MR) is 79.4 cm³/mol. The Morgan fingerprint density at radius 1 is 1.20 bits per heavy atom. The zero-order chi connectivity index (χ0) is 13.5. The Balaban J connectivity index is 1.72. The summed E-state index contributed by atoms with van der Waals surface area (Å²) in [6.07, 6.45) is 3.66. The van der Waals surface area contributed by atoms with Gasteiger partial charge >= 0.3 is 0 Å². The Hall–Kier alpha value is -1.46. The van der Waals surface area contributed by atoms with Crippen LogP contribution in [-0.4, -0.2) is 19.8 Å². The molecule has 1 atom stereocenters. The van der Waals surface area contributed by atoms with E-state index < -0.39 is 0 Å². The second-order valence-corrected chi connectivity index (χ2v) is 6.52. The average Bonchev–Trinajstić information content (AvgIpc) is 2.99. The smallest absolute Gasteiger partial charge is 0.187 e. The summed E-state index contributed by atoms with van der Waals surface area (Å²) in [6, 6.07) is 10.0. The van der Waals surface area contributed by atoms with E-state index in [0.29, 0.717) is 5.92 Å². The summed E-state index contributed by atoms with van der Waals surface area (Å²) in [5.41, 5.74) is 1.06. The van der Waals surface area contributed by atoms with Gasteiger partial charge in [-0.3, -0.25) is 0 Å². The number of aromatic nitrogens is 4. The van der Waals surface area contributed by atoms with Gasteiger partial charge in [-0.2, -0.15) is 9.61 Å². The molecule has 1 aliphatic rings. The molecule has 1 aliphatic carbocycles. The molecule has 0 N–H and O–H groups in total. The number of halogens is 1. The number of rotatable bonds is 3. The van der Waals surface area contributed by atoms with Gasteiger partial charge in [-0.15, -0.1) is 21.8 Å². The van der Waals surface area contributed by atoms with Crippen LogP contribution in [0, 0.1) is 0 Å². The third-order valence-corrected chi connectivity index (χ3v) is 5.36. The number of fused-ring (bicyclic) bond motifs is 1. The fourth-order valence-corrected chi connectivity index (χ4v) is 3.61. The second kappa shape index (κ2) is 4.82. The molecule has 0 saturated heterocycles. The number of benzene rings is 1. The van der Waals surface area contributed by atoms with E-state index >= 15 is 0 Å². The number of alkyl halides is 1. The second-order valence-electron chi connectivity index (χ2n) is 5.09. The van der Waals surface area contributed by atoms with Gasteiger partial charge in [0, 0.05) is 5.92 Å². The van der Waals surface area contributed by atoms with E-state index in [-0.39, 0.29) is 5.38 Å². The SMILES string of the molecule is ClC(c1ccccc1)c1nn2c(C3CCC3)nnc2s1. The third kappa shape index (κ3) is 1.93. The summed E-state index contributed by atoms with van der Waals surface area (Å²) in [6.45, 7) is 0. The molecule has 6 heteroatoms. The predicted octanol–water partition coefficient (Wildman–Crippen LogP) is 3.78. The lowest BCUT2D eigenvalue weighted by molar-refractivity contribution is 0.395. The van der Waals surface area contributed by atoms with Crippen LogP contribution in [0.3, 0.4) is 0 Å². The summed E-state index contributed by atoms with van der Waals surface area (Å²) in [7, 11) is 0. The van der Waals surface area contributed by atoms with Gasteiger partial charge in [0.25, 0.3) is 0 Å². The Morgan fingerprint density at radius 3 is 2.70 bits per heavy atom. The zero-order valence-electron chi connectivity index (χ0n) is 10.7. The Bertz CT molecular complexity index is 732. The average molecular weight is 305 g/mol. The van der Waals surface area contributed by atoms with Crippen molar-refractivity contribution >= 4 is 27.9 Å². The molecular weight excluding hydrogens is 292 g/mol. The van der Waals surface area contributed by atoms with Gasteiger partial charge in [0.2, 0.25) is 4.96 Å². The lowest BCUT2D eigenvalue weighted by atomic mass is 9.85. The molecule has 1 unspecified atom stereocenters. The molecule has 1 fully saturated rings. The van der Waals surface area contributed by atoms with Crippen molar-refractivity contribution in [3.05, 3.63) is 46.7 Å². The van der Waals surface area contributed by atoms with Crippen molar-refractivity contribution in [1.82, 2.24) is 19.8 Å². The Morgan fingerprint density at radius 2 is 2.00 bits per heavy atom. The van der Waals surface area contributed by atoms with Crippen LogP contribution in [0.25, 0.3) is 4.96 Å². The zero-order valence-corrected chi connectivity index (χ0v) is 12.3. The van der Waals surface area contributed by atoms with Crippen molar-refractivity contribution in [2.75, 3.05) is 0 Å². The summed E-state index contributed by atoms with van der Waals surface area (Å²) in [4.78, 5) is 0.837. The lowest BCUT2D eigenvalue weighted by Gasteiger charge is -2.22. The van der Waals surface area contributed by atoms with E-state index in [0.717, 1.165) is 21.4 Å². The third-order valence-electron chi connectivity index (χ3n) is 3.81. The standard InChI is InChI=1S/C14H13ClN4S/c15-11(9-5-2-1-3-6-9)13-18-19-12(10-7-4-8-10)16-17-14(19)20-13/h1-3,5-6,10-11H,4,7-8H2. The normalized spacial score (nSPS) is 17.2. The van der Waals surface area contributed by atoms with Crippen LogP contribution in [-0.2, 0) is 0 Å². The van der Waals surface area contributed by atoms with Crippen molar-refractivity contribution in [3.8, 4) is 0 Å². The summed E-state index contributed by atoms with van der Waals surface area (Å²) in [5, 5.41) is 13.8.